The van der Waals surface area contributed by atoms with E-state index in [9.17, 15) is 0 Å². The number of halogens is 1. The minimum atomic E-state index is 0.315. The van der Waals surface area contributed by atoms with Gasteiger partial charge in [0, 0.05) is 28.8 Å². The van der Waals surface area contributed by atoms with Gasteiger partial charge in [-0.15, -0.1) is 0 Å². The topological polar surface area (TPSA) is 24.9 Å². The number of nitrogens with one attached hydrogen (secondary N) is 1. The van der Waals surface area contributed by atoms with Gasteiger partial charge in [0.05, 0.1) is 0 Å². The molecule has 2 aromatic rings. The molecule has 2 rings (SSSR count). The van der Waals surface area contributed by atoms with Crippen LogP contribution in [-0.2, 0) is 0 Å². The first-order valence-corrected chi connectivity index (χ1v) is 7.90. The Morgan fingerprint density at radius 3 is 2.55 bits per heavy atom. The van der Waals surface area contributed by atoms with Gasteiger partial charge in [-0.05, 0) is 48.4 Å². The summed E-state index contributed by atoms with van der Waals surface area (Å²) in [6.45, 7) is 5.48. The van der Waals surface area contributed by atoms with Gasteiger partial charge < -0.3 is 5.32 Å². The van der Waals surface area contributed by atoms with Crippen LogP contribution in [0.5, 0.6) is 0 Å². The highest BCUT2D eigenvalue weighted by Crippen LogP contribution is 2.31. The predicted octanol–water partition coefficient (Wildman–Crippen LogP) is 4.69. The first kappa shape index (κ1) is 15.2. The van der Waals surface area contributed by atoms with Crippen molar-refractivity contribution in [3.8, 4) is 0 Å². The zero-order chi connectivity index (χ0) is 14.4. The molecule has 0 saturated carbocycles. The van der Waals surface area contributed by atoms with Crippen LogP contribution >= 0.6 is 15.9 Å². The van der Waals surface area contributed by atoms with Crippen molar-refractivity contribution in [2.45, 2.75) is 32.2 Å². The second-order valence-corrected chi connectivity index (χ2v) is 5.97. The Kier molecular flexibility index (Phi) is 5.74. The molecule has 2 nitrogen and oxygen atoms in total. The summed E-state index contributed by atoms with van der Waals surface area (Å²) in [5, 5.41) is 3.67. The van der Waals surface area contributed by atoms with Crippen LogP contribution in [0.25, 0.3) is 0 Å². The fourth-order valence-corrected chi connectivity index (χ4v) is 2.86. The molecule has 1 heterocycles. The van der Waals surface area contributed by atoms with Gasteiger partial charge in [-0.3, -0.25) is 4.98 Å². The summed E-state index contributed by atoms with van der Waals surface area (Å²) in [6, 6.07) is 13.1. The van der Waals surface area contributed by atoms with Gasteiger partial charge in [-0.25, -0.2) is 0 Å². The number of hydrogen-bond acceptors (Lipinski definition) is 2. The molecule has 0 saturated heterocycles. The van der Waals surface area contributed by atoms with Crippen LogP contribution in [-0.4, -0.2) is 11.5 Å². The van der Waals surface area contributed by atoms with Crippen molar-refractivity contribution in [2.75, 3.05) is 6.54 Å². The third-order valence-corrected chi connectivity index (χ3v) is 4.05. The zero-order valence-electron chi connectivity index (χ0n) is 12.0. The molecule has 2 unspecified atom stereocenters. The molecule has 0 spiro atoms. The minimum absolute atomic E-state index is 0.315. The molecule has 0 aliphatic heterocycles. The summed E-state index contributed by atoms with van der Waals surface area (Å²) < 4.78 is 1.13. The van der Waals surface area contributed by atoms with Gasteiger partial charge in [-0.1, -0.05) is 41.9 Å². The number of benzene rings is 1. The lowest BCUT2D eigenvalue weighted by molar-refractivity contribution is 0.466. The fourth-order valence-electron chi connectivity index (χ4n) is 2.44. The van der Waals surface area contributed by atoms with Crippen molar-refractivity contribution in [3.05, 3.63) is 64.4 Å². The summed E-state index contributed by atoms with van der Waals surface area (Å²) in [5.74, 6) is 0.402. The smallest absolute Gasteiger partial charge is 0.0387 e. The van der Waals surface area contributed by atoms with Gasteiger partial charge in [0.25, 0.3) is 0 Å². The van der Waals surface area contributed by atoms with Crippen LogP contribution in [0.1, 0.15) is 43.4 Å². The number of hydrogen-bond donors (Lipinski definition) is 1. The van der Waals surface area contributed by atoms with Gasteiger partial charge in [0.2, 0.25) is 0 Å². The van der Waals surface area contributed by atoms with Crippen LogP contribution in [0.3, 0.4) is 0 Å². The highest BCUT2D eigenvalue weighted by atomic mass is 79.9. The molecule has 106 valence electrons. The predicted molar refractivity (Wildman–Crippen MR) is 87.8 cm³/mol. The molecule has 1 aromatic carbocycles. The molecular formula is C17H21BrN2. The lowest BCUT2D eigenvalue weighted by atomic mass is 9.89. The maximum Gasteiger partial charge on any atom is 0.0387 e. The van der Waals surface area contributed by atoms with Crippen LogP contribution in [0, 0.1) is 0 Å². The maximum absolute atomic E-state index is 4.11. The zero-order valence-corrected chi connectivity index (χ0v) is 13.6. The fraction of sp³-hybridized carbons (Fsp3) is 0.353. The highest BCUT2D eigenvalue weighted by molar-refractivity contribution is 9.10. The Hall–Kier alpha value is -1.19. The van der Waals surface area contributed by atoms with E-state index >= 15 is 0 Å². The molecule has 3 heteroatoms. The first-order chi connectivity index (χ1) is 9.72. The van der Waals surface area contributed by atoms with Crippen molar-refractivity contribution in [1.82, 2.24) is 10.3 Å². The van der Waals surface area contributed by atoms with Crippen LogP contribution in [0.2, 0.25) is 0 Å². The minimum Gasteiger partial charge on any atom is -0.309 e. The first-order valence-electron chi connectivity index (χ1n) is 7.11. The maximum atomic E-state index is 4.11. The van der Waals surface area contributed by atoms with E-state index in [4.69, 9.17) is 0 Å². The van der Waals surface area contributed by atoms with E-state index in [2.05, 4.69) is 76.5 Å². The van der Waals surface area contributed by atoms with Crippen molar-refractivity contribution < 1.29 is 0 Å². The van der Waals surface area contributed by atoms with Crippen LogP contribution < -0.4 is 5.32 Å². The summed E-state index contributed by atoms with van der Waals surface area (Å²) in [4.78, 5) is 4.11. The Morgan fingerprint density at radius 2 is 1.90 bits per heavy atom. The molecule has 1 N–H and O–H groups in total. The standard InChI is InChI=1S/C17H21BrN2/c1-3-9-20-17(15-5-4-6-16(18)12-15)13(2)14-7-10-19-11-8-14/h4-8,10-13,17,20H,3,9H2,1-2H3. The summed E-state index contributed by atoms with van der Waals surface area (Å²) in [5.41, 5.74) is 2.63. The lowest BCUT2D eigenvalue weighted by Gasteiger charge is -2.26. The monoisotopic (exact) mass is 332 g/mol. The van der Waals surface area contributed by atoms with E-state index < -0.39 is 0 Å². The molecule has 0 aliphatic carbocycles. The van der Waals surface area contributed by atoms with Crippen molar-refractivity contribution in [3.63, 3.8) is 0 Å². The summed E-state index contributed by atoms with van der Waals surface area (Å²) >= 11 is 3.57. The van der Waals surface area contributed by atoms with Gasteiger partial charge >= 0.3 is 0 Å². The van der Waals surface area contributed by atoms with Crippen molar-refractivity contribution in [1.29, 1.82) is 0 Å². The van der Waals surface area contributed by atoms with Crippen LogP contribution in [0.4, 0.5) is 0 Å². The Labute approximate surface area is 129 Å². The van der Waals surface area contributed by atoms with E-state index in [1.54, 1.807) is 0 Å². The Bertz CT molecular complexity index is 528. The molecule has 0 bridgehead atoms. The van der Waals surface area contributed by atoms with E-state index in [0.717, 1.165) is 17.4 Å². The SMILES string of the molecule is CCCNC(c1cccc(Br)c1)C(C)c1ccncc1. The average molecular weight is 333 g/mol. The summed E-state index contributed by atoms with van der Waals surface area (Å²) in [7, 11) is 0. The second kappa shape index (κ2) is 7.55. The third-order valence-electron chi connectivity index (χ3n) is 3.55. The molecule has 0 fully saturated rings. The second-order valence-electron chi connectivity index (χ2n) is 5.06. The highest BCUT2D eigenvalue weighted by Gasteiger charge is 2.20. The van der Waals surface area contributed by atoms with Gasteiger partial charge in [0.15, 0.2) is 0 Å². The largest absolute Gasteiger partial charge is 0.309 e. The molecule has 0 amide bonds. The van der Waals surface area contributed by atoms with Crippen molar-refractivity contribution >= 4 is 15.9 Å². The molecule has 2 atom stereocenters. The van der Waals surface area contributed by atoms with Gasteiger partial charge in [-0.2, -0.15) is 0 Å². The molecule has 0 radical (unpaired) electrons. The lowest BCUT2D eigenvalue weighted by Crippen LogP contribution is -2.26. The number of aromatic nitrogens is 1. The van der Waals surface area contributed by atoms with E-state index in [1.165, 1.54) is 11.1 Å². The number of nitrogens with zero attached hydrogens (tertiary/aromatic N) is 1. The number of pyridine rings is 1. The molecule has 0 aliphatic rings. The third kappa shape index (κ3) is 3.90. The normalized spacial score (nSPS) is 13.9. The molecule has 20 heavy (non-hydrogen) atoms. The Morgan fingerprint density at radius 1 is 1.15 bits per heavy atom. The summed E-state index contributed by atoms with van der Waals surface area (Å²) in [6.07, 6.45) is 4.86. The van der Waals surface area contributed by atoms with E-state index in [1.807, 2.05) is 12.4 Å². The molecule has 1 aromatic heterocycles. The number of rotatable bonds is 6. The quantitative estimate of drug-likeness (QED) is 0.830. The molecular weight excluding hydrogens is 312 g/mol. The van der Waals surface area contributed by atoms with E-state index in [0.29, 0.717) is 12.0 Å². The van der Waals surface area contributed by atoms with E-state index in [-0.39, 0.29) is 0 Å². The van der Waals surface area contributed by atoms with Crippen LogP contribution in [0.15, 0.2) is 53.3 Å². The average Bonchev–Trinajstić information content (AvgIpc) is 2.48. The van der Waals surface area contributed by atoms with Crippen molar-refractivity contribution in [2.24, 2.45) is 0 Å². The Balaban J connectivity index is 2.27. The van der Waals surface area contributed by atoms with Gasteiger partial charge in [0.1, 0.15) is 0 Å².